The van der Waals surface area contributed by atoms with Crippen molar-refractivity contribution in [3.05, 3.63) is 52.6 Å². The molecule has 98 valence electrons. The molecule has 2 rings (SSSR count). The fourth-order valence-corrected chi connectivity index (χ4v) is 2.31. The maximum Gasteiger partial charge on any atom is 0.269 e. The Hall–Kier alpha value is -2.08. The Morgan fingerprint density at radius 2 is 2.00 bits per heavy atom. The smallest absolute Gasteiger partial charge is 0.269 e. The van der Waals surface area contributed by atoms with E-state index in [2.05, 4.69) is 10.3 Å². The highest BCUT2D eigenvalue weighted by molar-refractivity contribution is 7.99. The van der Waals surface area contributed by atoms with Gasteiger partial charge < -0.3 is 5.32 Å². The summed E-state index contributed by atoms with van der Waals surface area (Å²) >= 11 is 1.47. The van der Waals surface area contributed by atoms with Crippen molar-refractivity contribution in [2.45, 2.75) is 16.8 Å². The summed E-state index contributed by atoms with van der Waals surface area (Å²) in [6, 6.07) is 12.2. The molecule has 0 atom stereocenters. The van der Waals surface area contributed by atoms with Crippen LogP contribution in [-0.4, -0.2) is 16.5 Å². The number of nitrogens with one attached hydrogen (secondary N) is 1. The molecule has 0 aliphatic heterocycles. The van der Waals surface area contributed by atoms with Crippen LogP contribution >= 0.6 is 11.8 Å². The van der Waals surface area contributed by atoms with Crippen LogP contribution in [0.3, 0.4) is 0 Å². The Balaban J connectivity index is 2.12. The van der Waals surface area contributed by atoms with Gasteiger partial charge in [0.05, 0.1) is 4.92 Å². The minimum Gasteiger partial charge on any atom is -0.370 e. The van der Waals surface area contributed by atoms with E-state index in [-0.39, 0.29) is 5.69 Å². The van der Waals surface area contributed by atoms with Crippen molar-refractivity contribution in [1.82, 2.24) is 4.98 Å². The van der Waals surface area contributed by atoms with Crippen molar-refractivity contribution in [3.63, 3.8) is 0 Å². The van der Waals surface area contributed by atoms with Gasteiger partial charge in [-0.2, -0.15) is 0 Å². The Bertz CT molecular complexity index is 572. The molecular weight excluding hydrogens is 262 g/mol. The maximum atomic E-state index is 10.6. The van der Waals surface area contributed by atoms with Crippen LogP contribution in [0.1, 0.15) is 6.92 Å². The molecule has 6 heteroatoms. The fraction of sp³-hybridized carbons (Fsp3) is 0.154. The van der Waals surface area contributed by atoms with Gasteiger partial charge in [-0.15, -0.1) is 0 Å². The molecule has 0 aliphatic rings. The zero-order valence-corrected chi connectivity index (χ0v) is 11.2. The van der Waals surface area contributed by atoms with Crippen molar-refractivity contribution in [2.75, 3.05) is 11.9 Å². The fourth-order valence-electron chi connectivity index (χ4n) is 1.51. The van der Waals surface area contributed by atoms with Gasteiger partial charge in [-0.05, 0) is 31.2 Å². The normalized spacial score (nSPS) is 10.2. The minimum absolute atomic E-state index is 0.0960. The van der Waals surface area contributed by atoms with Gasteiger partial charge in [0.25, 0.3) is 5.69 Å². The average molecular weight is 275 g/mol. The van der Waals surface area contributed by atoms with E-state index in [9.17, 15) is 10.1 Å². The summed E-state index contributed by atoms with van der Waals surface area (Å²) in [6.07, 6.45) is 0. The minimum atomic E-state index is -0.404. The number of nitrogens with zero attached hydrogens (tertiary/aromatic N) is 2. The second-order valence-electron chi connectivity index (χ2n) is 3.74. The van der Waals surface area contributed by atoms with Crippen LogP contribution < -0.4 is 5.32 Å². The molecule has 19 heavy (non-hydrogen) atoms. The Morgan fingerprint density at radius 3 is 2.63 bits per heavy atom. The second-order valence-corrected chi connectivity index (χ2v) is 4.84. The molecule has 1 heterocycles. The molecule has 0 radical (unpaired) electrons. The number of nitro groups is 1. The van der Waals surface area contributed by atoms with Gasteiger partial charge in [0, 0.05) is 23.6 Å². The molecular formula is C13H13N3O2S. The van der Waals surface area contributed by atoms with E-state index in [1.165, 1.54) is 23.9 Å². The maximum absolute atomic E-state index is 10.6. The quantitative estimate of drug-likeness (QED) is 0.667. The van der Waals surface area contributed by atoms with Crippen LogP contribution in [0.15, 0.2) is 52.4 Å². The second kappa shape index (κ2) is 6.19. The van der Waals surface area contributed by atoms with Gasteiger partial charge in [-0.3, -0.25) is 10.1 Å². The van der Waals surface area contributed by atoms with Gasteiger partial charge in [-0.1, -0.05) is 17.8 Å². The van der Waals surface area contributed by atoms with Gasteiger partial charge in [0.1, 0.15) is 10.8 Å². The van der Waals surface area contributed by atoms with Crippen molar-refractivity contribution >= 4 is 23.3 Å². The predicted octanol–water partition coefficient (Wildman–Crippen LogP) is 3.57. The van der Waals surface area contributed by atoms with Gasteiger partial charge in [-0.25, -0.2) is 4.98 Å². The first-order chi connectivity index (χ1) is 9.19. The number of nitro benzene ring substituents is 1. The first kappa shape index (κ1) is 13.4. The first-order valence-electron chi connectivity index (χ1n) is 5.82. The Morgan fingerprint density at radius 1 is 1.26 bits per heavy atom. The van der Waals surface area contributed by atoms with Crippen LogP contribution in [0.4, 0.5) is 11.5 Å². The van der Waals surface area contributed by atoms with Crippen molar-refractivity contribution in [1.29, 1.82) is 0 Å². The molecule has 1 N–H and O–H groups in total. The molecule has 0 unspecified atom stereocenters. The number of pyridine rings is 1. The summed E-state index contributed by atoms with van der Waals surface area (Å²) < 4.78 is 0. The van der Waals surface area contributed by atoms with E-state index in [1.807, 2.05) is 25.1 Å². The molecule has 0 bridgehead atoms. The number of benzene rings is 1. The lowest BCUT2D eigenvalue weighted by Crippen LogP contribution is -1.98. The van der Waals surface area contributed by atoms with Crippen LogP contribution in [0, 0.1) is 10.1 Å². The number of anilines is 1. The summed E-state index contributed by atoms with van der Waals surface area (Å²) in [7, 11) is 0. The summed E-state index contributed by atoms with van der Waals surface area (Å²) in [5.41, 5.74) is 0.0960. The molecule has 1 aromatic carbocycles. The van der Waals surface area contributed by atoms with E-state index in [4.69, 9.17) is 0 Å². The highest BCUT2D eigenvalue weighted by atomic mass is 32.2. The van der Waals surface area contributed by atoms with Gasteiger partial charge >= 0.3 is 0 Å². The Kier molecular flexibility index (Phi) is 4.35. The molecule has 0 amide bonds. The monoisotopic (exact) mass is 275 g/mol. The lowest BCUT2D eigenvalue weighted by atomic mass is 10.3. The lowest BCUT2D eigenvalue weighted by molar-refractivity contribution is -0.384. The van der Waals surface area contributed by atoms with Crippen molar-refractivity contribution in [2.24, 2.45) is 0 Å². The number of rotatable bonds is 5. The molecule has 5 nitrogen and oxygen atoms in total. The van der Waals surface area contributed by atoms with Crippen molar-refractivity contribution < 1.29 is 4.92 Å². The molecule has 0 spiro atoms. The number of hydrogen-bond acceptors (Lipinski definition) is 5. The summed E-state index contributed by atoms with van der Waals surface area (Å²) in [4.78, 5) is 15.5. The van der Waals surface area contributed by atoms with E-state index >= 15 is 0 Å². The Labute approximate surface area is 115 Å². The zero-order valence-electron chi connectivity index (χ0n) is 10.4. The van der Waals surface area contributed by atoms with Crippen LogP contribution in [0.25, 0.3) is 0 Å². The highest BCUT2D eigenvalue weighted by Crippen LogP contribution is 2.28. The molecule has 1 aromatic heterocycles. The van der Waals surface area contributed by atoms with E-state index in [0.29, 0.717) is 0 Å². The molecule has 0 fully saturated rings. The lowest BCUT2D eigenvalue weighted by Gasteiger charge is -2.05. The van der Waals surface area contributed by atoms with Crippen molar-refractivity contribution in [3.8, 4) is 0 Å². The molecule has 2 aromatic rings. The van der Waals surface area contributed by atoms with Crippen LogP contribution in [0.5, 0.6) is 0 Å². The molecule has 0 saturated carbocycles. The summed E-state index contributed by atoms with van der Waals surface area (Å²) in [5.74, 6) is 0.828. The predicted molar refractivity (Wildman–Crippen MR) is 75.6 cm³/mol. The topological polar surface area (TPSA) is 68.1 Å². The average Bonchev–Trinajstić information content (AvgIpc) is 2.40. The molecule has 0 saturated heterocycles. The van der Waals surface area contributed by atoms with E-state index in [0.717, 1.165) is 22.3 Å². The van der Waals surface area contributed by atoms with E-state index < -0.39 is 4.92 Å². The van der Waals surface area contributed by atoms with Crippen LogP contribution in [-0.2, 0) is 0 Å². The number of non-ortho nitro benzene ring substituents is 1. The van der Waals surface area contributed by atoms with E-state index in [1.54, 1.807) is 12.1 Å². The zero-order chi connectivity index (χ0) is 13.7. The number of aromatic nitrogens is 1. The third-order valence-corrected chi connectivity index (χ3v) is 3.30. The standard InChI is InChI=1S/C13H13N3O2S/c1-2-14-12-4-3-5-13(15-12)19-11-8-6-10(7-9-11)16(17)18/h3-9H,2H2,1H3,(H,14,15). The third kappa shape index (κ3) is 3.69. The summed E-state index contributed by atoms with van der Waals surface area (Å²) in [5, 5.41) is 14.6. The largest absolute Gasteiger partial charge is 0.370 e. The van der Waals surface area contributed by atoms with Gasteiger partial charge in [0.15, 0.2) is 0 Å². The number of hydrogen-bond donors (Lipinski definition) is 1. The molecule has 0 aliphatic carbocycles. The summed E-state index contributed by atoms with van der Waals surface area (Å²) in [6.45, 7) is 2.83. The highest BCUT2D eigenvalue weighted by Gasteiger charge is 2.05. The SMILES string of the molecule is CCNc1cccc(Sc2ccc([N+](=O)[O-])cc2)n1. The van der Waals surface area contributed by atoms with Gasteiger partial charge in [0.2, 0.25) is 0 Å². The first-order valence-corrected chi connectivity index (χ1v) is 6.64. The van der Waals surface area contributed by atoms with Crippen LogP contribution in [0.2, 0.25) is 0 Å². The third-order valence-electron chi connectivity index (χ3n) is 2.35.